The number of nitrogens with zero attached hydrogens (tertiary/aromatic N) is 1. The number of rotatable bonds is 5. The molecule has 0 amide bonds. The van der Waals surface area contributed by atoms with Crippen LogP contribution in [0.2, 0.25) is 0 Å². The Kier molecular flexibility index (Phi) is 4.27. The molecule has 3 nitrogen and oxygen atoms in total. The fourth-order valence-corrected chi connectivity index (χ4v) is 3.92. The van der Waals surface area contributed by atoms with Crippen molar-refractivity contribution in [3.05, 3.63) is 29.8 Å². The van der Waals surface area contributed by atoms with Gasteiger partial charge >= 0.3 is 0 Å². The Labute approximate surface area is 122 Å². The monoisotopic (exact) mass is 274 g/mol. The van der Waals surface area contributed by atoms with E-state index in [1.165, 1.54) is 37.9 Å². The second kappa shape index (κ2) is 6.15. The average molecular weight is 274 g/mol. The zero-order valence-electron chi connectivity index (χ0n) is 12.6. The van der Waals surface area contributed by atoms with Crippen molar-refractivity contribution < 1.29 is 4.74 Å². The summed E-state index contributed by atoms with van der Waals surface area (Å²) in [5, 5.41) is 3.91. The van der Waals surface area contributed by atoms with Crippen LogP contribution in [0.1, 0.15) is 44.2 Å². The van der Waals surface area contributed by atoms with Gasteiger partial charge in [0.1, 0.15) is 5.75 Å². The van der Waals surface area contributed by atoms with Crippen LogP contribution in [0, 0.1) is 0 Å². The lowest BCUT2D eigenvalue weighted by atomic mass is 9.99. The van der Waals surface area contributed by atoms with Gasteiger partial charge < -0.3 is 10.1 Å². The van der Waals surface area contributed by atoms with Crippen LogP contribution in [0.25, 0.3) is 0 Å². The molecule has 1 aromatic carbocycles. The van der Waals surface area contributed by atoms with Gasteiger partial charge in [0.25, 0.3) is 0 Å². The van der Waals surface area contributed by atoms with Gasteiger partial charge in [-0.15, -0.1) is 0 Å². The van der Waals surface area contributed by atoms with Crippen LogP contribution >= 0.6 is 0 Å². The molecule has 110 valence electrons. The summed E-state index contributed by atoms with van der Waals surface area (Å²) in [5.74, 6) is 1.01. The smallest absolute Gasteiger partial charge is 0.123 e. The van der Waals surface area contributed by atoms with Crippen LogP contribution in [0.4, 0.5) is 0 Å². The molecule has 0 aromatic heterocycles. The van der Waals surface area contributed by atoms with Gasteiger partial charge in [0, 0.05) is 30.2 Å². The van der Waals surface area contributed by atoms with Crippen LogP contribution in [0.5, 0.6) is 5.75 Å². The van der Waals surface area contributed by atoms with Crippen molar-refractivity contribution in [1.29, 1.82) is 0 Å². The maximum Gasteiger partial charge on any atom is 0.123 e. The molecule has 1 aromatic rings. The van der Waals surface area contributed by atoms with Crippen LogP contribution < -0.4 is 10.1 Å². The van der Waals surface area contributed by atoms with E-state index in [0.29, 0.717) is 12.1 Å². The number of methoxy groups -OCH3 is 1. The summed E-state index contributed by atoms with van der Waals surface area (Å²) in [6, 6.07) is 10.2. The molecule has 0 saturated carbocycles. The molecule has 3 unspecified atom stereocenters. The highest BCUT2D eigenvalue weighted by molar-refractivity contribution is 5.36. The lowest BCUT2D eigenvalue weighted by Crippen LogP contribution is -2.41. The summed E-state index contributed by atoms with van der Waals surface area (Å²) in [5.41, 5.74) is 1.30. The highest BCUT2D eigenvalue weighted by Crippen LogP contribution is 2.32. The quantitative estimate of drug-likeness (QED) is 0.893. The van der Waals surface area contributed by atoms with Crippen molar-refractivity contribution in [3.63, 3.8) is 0 Å². The number of nitrogens with one attached hydrogen (secondary N) is 1. The predicted octanol–water partition coefficient (Wildman–Crippen LogP) is 2.97. The van der Waals surface area contributed by atoms with Crippen molar-refractivity contribution in [3.8, 4) is 5.75 Å². The van der Waals surface area contributed by atoms with Crippen LogP contribution in [0.3, 0.4) is 0 Å². The average Bonchev–Trinajstić information content (AvgIpc) is 3.09. The molecule has 20 heavy (non-hydrogen) atoms. The molecule has 3 atom stereocenters. The van der Waals surface area contributed by atoms with E-state index >= 15 is 0 Å². The molecule has 3 rings (SSSR count). The van der Waals surface area contributed by atoms with Gasteiger partial charge in [0.15, 0.2) is 0 Å². The minimum absolute atomic E-state index is 0.400. The second-order valence-corrected chi connectivity index (χ2v) is 6.01. The van der Waals surface area contributed by atoms with E-state index in [1.54, 1.807) is 7.11 Å². The normalized spacial score (nSPS) is 27.5. The Morgan fingerprint density at radius 3 is 2.95 bits per heavy atom. The minimum Gasteiger partial charge on any atom is -0.496 e. The zero-order chi connectivity index (χ0) is 13.9. The van der Waals surface area contributed by atoms with Gasteiger partial charge in [0.05, 0.1) is 7.11 Å². The van der Waals surface area contributed by atoms with Gasteiger partial charge in [0.2, 0.25) is 0 Å². The summed E-state index contributed by atoms with van der Waals surface area (Å²) >= 11 is 0. The maximum absolute atomic E-state index is 5.53. The number of hydrogen-bond donors (Lipinski definition) is 1. The first-order chi connectivity index (χ1) is 9.83. The summed E-state index contributed by atoms with van der Waals surface area (Å²) in [6.45, 7) is 4.82. The second-order valence-electron chi connectivity index (χ2n) is 6.01. The maximum atomic E-state index is 5.53. The third-order valence-corrected chi connectivity index (χ3v) is 4.94. The highest BCUT2D eigenvalue weighted by Gasteiger charge is 2.37. The van der Waals surface area contributed by atoms with Crippen molar-refractivity contribution in [2.45, 2.75) is 50.7 Å². The first-order valence-electron chi connectivity index (χ1n) is 7.96. The topological polar surface area (TPSA) is 24.5 Å². The predicted molar refractivity (Wildman–Crippen MR) is 82.2 cm³/mol. The van der Waals surface area contributed by atoms with Gasteiger partial charge in [-0.2, -0.15) is 0 Å². The molecule has 2 heterocycles. The number of hydrogen-bond acceptors (Lipinski definition) is 3. The zero-order valence-corrected chi connectivity index (χ0v) is 12.6. The van der Waals surface area contributed by atoms with Crippen molar-refractivity contribution in [1.82, 2.24) is 10.2 Å². The van der Waals surface area contributed by atoms with E-state index in [4.69, 9.17) is 4.74 Å². The van der Waals surface area contributed by atoms with Crippen LogP contribution in [-0.2, 0) is 0 Å². The Bertz CT molecular complexity index is 448. The number of fused-ring (bicyclic) bond motifs is 1. The summed E-state index contributed by atoms with van der Waals surface area (Å²) in [7, 11) is 1.76. The van der Waals surface area contributed by atoms with E-state index < -0.39 is 0 Å². The van der Waals surface area contributed by atoms with E-state index in [1.807, 2.05) is 6.07 Å². The third kappa shape index (κ3) is 2.57. The molecule has 2 saturated heterocycles. The Balaban J connectivity index is 1.73. The first kappa shape index (κ1) is 13.9. The minimum atomic E-state index is 0.400. The summed E-state index contributed by atoms with van der Waals surface area (Å²) < 4.78 is 5.53. The van der Waals surface area contributed by atoms with Gasteiger partial charge in [-0.25, -0.2) is 0 Å². The molecular weight excluding hydrogens is 248 g/mol. The Morgan fingerprint density at radius 2 is 2.15 bits per heavy atom. The molecule has 2 aliphatic rings. The van der Waals surface area contributed by atoms with E-state index in [-0.39, 0.29) is 0 Å². The summed E-state index contributed by atoms with van der Waals surface area (Å²) in [4.78, 5) is 2.66. The summed E-state index contributed by atoms with van der Waals surface area (Å²) in [6.07, 6.45) is 5.12. The molecule has 0 radical (unpaired) electrons. The Morgan fingerprint density at radius 1 is 1.30 bits per heavy atom. The number of benzene rings is 1. The van der Waals surface area contributed by atoms with Crippen molar-refractivity contribution in [2.24, 2.45) is 0 Å². The molecule has 2 aliphatic heterocycles. The molecule has 1 N–H and O–H groups in total. The lowest BCUT2D eigenvalue weighted by molar-refractivity contribution is 0.285. The third-order valence-electron chi connectivity index (χ3n) is 4.94. The fourth-order valence-electron chi connectivity index (χ4n) is 3.92. The lowest BCUT2D eigenvalue weighted by Gasteiger charge is -2.27. The van der Waals surface area contributed by atoms with E-state index in [0.717, 1.165) is 18.2 Å². The standard InChI is InChI=1S/C17H26N2O/c1-3-14(13-7-4-5-9-17(13)20-2)18-15-10-12-19-11-6-8-16(15)19/h4-5,7,9,14-16,18H,3,6,8,10-12H2,1-2H3. The number of para-hydroxylation sites is 1. The molecule has 3 heteroatoms. The van der Waals surface area contributed by atoms with Crippen LogP contribution in [-0.4, -0.2) is 37.2 Å². The molecule has 2 fully saturated rings. The van der Waals surface area contributed by atoms with Crippen molar-refractivity contribution in [2.75, 3.05) is 20.2 Å². The number of ether oxygens (including phenoxy) is 1. The molecule has 0 spiro atoms. The van der Waals surface area contributed by atoms with Crippen molar-refractivity contribution >= 4 is 0 Å². The van der Waals surface area contributed by atoms with Gasteiger partial charge in [-0.3, -0.25) is 4.90 Å². The largest absolute Gasteiger partial charge is 0.496 e. The SMILES string of the molecule is CCC(NC1CCN2CCCC12)c1ccccc1OC. The highest BCUT2D eigenvalue weighted by atomic mass is 16.5. The molecule has 0 aliphatic carbocycles. The first-order valence-corrected chi connectivity index (χ1v) is 7.96. The van der Waals surface area contributed by atoms with Gasteiger partial charge in [-0.05, 0) is 38.3 Å². The van der Waals surface area contributed by atoms with E-state index in [9.17, 15) is 0 Å². The van der Waals surface area contributed by atoms with E-state index in [2.05, 4.69) is 35.3 Å². The molecule has 0 bridgehead atoms. The van der Waals surface area contributed by atoms with Gasteiger partial charge in [-0.1, -0.05) is 25.1 Å². The fraction of sp³-hybridized carbons (Fsp3) is 0.647. The van der Waals surface area contributed by atoms with Crippen LogP contribution in [0.15, 0.2) is 24.3 Å². The molecular formula is C17H26N2O. The Hall–Kier alpha value is -1.06.